The van der Waals surface area contributed by atoms with Crippen molar-refractivity contribution < 1.29 is 19.0 Å². The summed E-state index contributed by atoms with van der Waals surface area (Å²) in [6.45, 7) is 2.11. The molecule has 0 fully saturated rings. The summed E-state index contributed by atoms with van der Waals surface area (Å²) in [5.74, 6) is -0.382. The highest BCUT2D eigenvalue weighted by Gasteiger charge is 2.22. The lowest BCUT2D eigenvalue weighted by atomic mass is 10.2. The molecule has 3 rings (SSSR count). The highest BCUT2D eigenvalue weighted by atomic mass is 32.1. The van der Waals surface area contributed by atoms with Crippen molar-refractivity contribution >= 4 is 17.3 Å². The minimum Gasteiger partial charge on any atom is -0.461 e. The first-order valence-electron chi connectivity index (χ1n) is 7.46. The van der Waals surface area contributed by atoms with Gasteiger partial charge >= 0.3 is 5.97 Å². The van der Waals surface area contributed by atoms with Gasteiger partial charge in [-0.1, -0.05) is 30.3 Å². The van der Waals surface area contributed by atoms with Gasteiger partial charge in [-0.05, 0) is 13.3 Å². The van der Waals surface area contributed by atoms with Crippen molar-refractivity contribution in [3.63, 3.8) is 0 Å². The number of esters is 1. The van der Waals surface area contributed by atoms with Gasteiger partial charge in [0, 0.05) is 16.9 Å². The number of carbonyl (C=O) groups excluding carboxylic acids is 1. The maximum atomic E-state index is 12.2. The van der Waals surface area contributed by atoms with Crippen LogP contribution in [0.3, 0.4) is 0 Å². The van der Waals surface area contributed by atoms with Gasteiger partial charge in [-0.3, -0.25) is 0 Å². The molecule has 0 amide bonds. The van der Waals surface area contributed by atoms with E-state index in [1.165, 1.54) is 23.9 Å². The van der Waals surface area contributed by atoms with Gasteiger partial charge in [0.25, 0.3) is 0 Å². The van der Waals surface area contributed by atoms with Gasteiger partial charge < -0.3 is 14.2 Å². The van der Waals surface area contributed by atoms with Crippen LogP contribution in [0.25, 0.3) is 10.6 Å². The fourth-order valence-electron chi connectivity index (χ4n) is 2.24. The summed E-state index contributed by atoms with van der Waals surface area (Å²) in [5.41, 5.74) is 1.38. The molecule has 0 bridgehead atoms. The molecule has 0 atom stereocenters. The van der Waals surface area contributed by atoms with Crippen LogP contribution in [-0.4, -0.2) is 23.9 Å². The molecule has 1 aliphatic heterocycles. The van der Waals surface area contributed by atoms with Crippen LogP contribution in [0, 0.1) is 0 Å². The van der Waals surface area contributed by atoms with Gasteiger partial charge in [-0.2, -0.15) is 0 Å². The molecular weight excluding hydrogens is 314 g/mol. The molecule has 1 aliphatic rings. The fraction of sp³-hybridized carbons (Fsp3) is 0.294. The van der Waals surface area contributed by atoms with E-state index in [9.17, 15) is 4.79 Å². The van der Waals surface area contributed by atoms with E-state index in [1.54, 1.807) is 6.92 Å². The van der Waals surface area contributed by atoms with Gasteiger partial charge in [0.05, 0.1) is 6.61 Å². The van der Waals surface area contributed by atoms with Crippen molar-refractivity contribution in [1.29, 1.82) is 0 Å². The third-order valence-electron chi connectivity index (χ3n) is 3.31. The van der Waals surface area contributed by atoms with E-state index in [0.717, 1.165) is 15.4 Å². The number of hydrogen-bond acceptors (Lipinski definition) is 6. The molecule has 23 heavy (non-hydrogen) atoms. The van der Waals surface area contributed by atoms with Crippen LogP contribution in [0.15, 0.2) is 42.9 Å². The van der Waals surface area contributed by atoms with E-state index in [0.29, 0.717) is 25.1 Å². The van der Waals surface area contributed by atoms with Gasteiger partial charge in [-0.25, -0.2) is 9.78 Å². The molecule has 1 aromatic heterocycles. The SMILES string of the molecule is CCOC(=O)c1nc(-c2ccccc2)sc1CCC1OC=CO1. The molecule has 0 spiro atoms. The van der Waals surface area contributed by atoms with Crippen molar-refractivity contribution in [2.45, 2.75) is 26.1 Å². The lowest BCUT2D eigenvalue weighted by molar-refractivity contribution is -0.0274. The number of carbonyl (C=O) groups is 1. The van der Waals surface area contributed by atoms with E-state index in [1.807, 2.05) is 30.3 Å². The molecule has 0 radical (unpaired) electrons. The molecule has 120 valence electrons. The molecule has 5 nitrogen and oxygen atoms in total. The van der Waals surface area contributed by atoms with E-state index in [-0.39, 0.29) is 12.3 Å². The number of ether oxygens (including phenoxy) is 3. The number of thiazole rings is 1. The van der Waals surface area contributed by atoms with Crippen molar-refractivity contribution in [2.24, 2.45) is 0 Å². The minimum atomic E-state index is -0.382. The number of aryl methyl sites for hydroxylation is 1. The Balaban J connectivity index is 1.82. The van der Waals surface area contributed by atoms with Crippen LogP contribution < -0.4 is 0 Å². The van der Waals surface area contributed by atoms with Crippen LogP contribution in [0.4, 0.5) is 0 Å². The lowest BCUT2D eigenvalue weighted by Gasteiger charge is -2.09. The molecule has 1 aromatic carbocycles. The van der Waals surface area contributed by atoms with E-state index in [2.05, 4.69) is 4.98 Å². The van der Waals surface area contributed by atoms with Crippen molar-refractivity contribution in [3.05, 3.63) is 53.4 Å². The van der Waals surface area contributed by atoms with E-state index in [4.69, 9.17) is 14.2 Å². The highest BCUT2D eigenvalue weighted by Crippen LogP contribution is 2.30. The number of hydrogen-bond donors (Lipinski definition) is 0. The van der Waals surface area contributed by atoms with Gasteiger partial charge in [-0.15, -0.1) is 11.3 Å². The predicted molar refractivity (Wildman–Crippen MR) is 86.9 cm³/mol. The maximum absolute atomic E-state index is 12.2. The summed E-state index contributed by atoms with van der Waals surface area (Å²) in [7, 11) is 0. The van der Waals surface area contributed by atoms with E-state index < -0.39 is 0 Å². The summed E-state index contributed by atoms with van der Waals surface area (Å²) >= 11 is 1.51. The van der Waals surface area contributed by atoms with Crippen LogP contribution in [0.5, 0.6) is 0 Å². The molecule has 2 aromatic rings. The zero-order valence-corrected chi connectivity index (χ0v) is 13.5. The lowest BCUT2D eigenvalue weighted by Crippen LogP contribution is -2.11. The quantitative estimate of drug-likeness (QED) is 0.754. The predicted octanol–water partition coefficient (Wildman–Crippen LogP) is 3.76. The normalized spacial score (nSPS) is 13.6. The zero-order valence-electron chi connectivity index (χ0n) is 12.7. The number of benzene rings is 1. The fourth-order valence-corrected chi connectivity index (χ4v) is 3.31. The van der Waals surface area contributed by atoms with Gasteiger partial charge in [0.15, 0.2) is 5.69 Å². The van der Waals surface area contributed by atoms with Crippen molar-refractivity contribution in [2.75, 3.05) is 6.61 Å². The Kier molecular flexibility index (Phi) is 4.92. The van der Waals surface area contributed by atoms with Gasteiger partial charge in [0.1, 0.15) is 17.5 Å². The first-order chi connectivity index (χ1) is 11.3. The Hall–Kier alpha value is -2.34. The summed E-state index contributed by atoms with van der Waals surface area (Å²) in [6, 6.07) is 9.81. The first-order valence-corrected chi connectivity index (χ1v) is 8.27. The van der Waals surface area contributed by atoms with Crippen LogP contribution in [-0.2, 0) is 20.6 Å². The largest absolute Gasteiger partial charge is 0.461 e. The summed E-state index contributed by atoms with van der Waals surface area (Å²) in [4.78, 5) is 17.5. The zero-order chi connectivity index (χ0) is 16.1. The molecule has 2 heterocycles. The second-order valence-corrected chi connectivity index (χ2v) is 5.97. The van der Waals surface area contributed by atoms with Crippen LogP contribution >= 0.6 is 11.3 Å². The Morgan fingerprint density at radius 2 is 2.00 bits per heavy atom. The Labute approximate surface area is 138 Å². The number of rotatable bonds is 6. The minimum absolute atomic E-state index is 0.299. The summed E-state index contributed by atoms with van der Waals surface area (Å²) < 4.78 is 15.7. The third kappa shape index (κ3) is 3.71. The number of nitrogens with zero attached hydrogens (tertiary/aromatic N) is 1. The van der Waals surface area contributed by atoms with Crippen LogP contribution in [0.1, 0.15) is 28.7 Å². The monoisotopic (exact) mass is 331 g/mol. The summed E-state index contributed by atoms with van der Waals surface area (Å²) in [6.07, 6.45) is 4.05. The molecule has 0 aliphatic carbocycles. The van der Waals surface area contributed by atoms with Crippen molar-refractivity contribution in [3.8, 4) is 10.6 Å². The van der Waals surface area contributed by atoms with Crippen LogP contribution in [0.2, 0.25) is 0 Å². The molecule has 0 N–H and O–H groups in total. The highest BCUT2D eigenvalue weighted by molar-refractivity contribution is 7.15. The van der Waals surface area contributed by atoms with E-state index >= 15 is 0 Å². The third-order valence-corrected chi connectivity index (χ3v) is 4.47. The molecular formula is C17H17NO4S. The maximum Gasteiger partial charge on any atom is 0.358 e. The molecule has 0 saturated heterocycles. The topological polar surface area (TPSA) is 57.7 Å². The molecule has 0 unspecified atom stereocenters. The smallest absolute Gasteiger partial charge is 0.358 e. The summed E-state index contributed by atoms with van der Waals surface area (Å²) in [5, 5.41) is 0.815. The second kappa shape index (κ2) is 7.28. The molecule has 0 saturated carbocycles. The second-order valence-electron chi connectivity index (χ2n) is 4.89. The first kappa shape index (κ1) is 15.6. The van der Waals surface area contributed by atoms with Gasteiger partial charge in [0.2, 0.25) is 6.29 Å². The Morgan fingerprint density at radius 3 is 2.70 bits per heavy atom. The average Bonchev–Trinajstić information content (AvgIpc) is 3.23. The molecule has 6 heteroatoms. The Morgan fingerprint density at radius 1 is 1.26 bits per heavy atom. The van der Waals surface area contributed by atoms with Crippen molar-refractivity contribution in [1.82, 2.24) is 4.98 Å². The average molecular weight is 331 g/mol. The number of aromatic nitrogens is 1. The Bertz CT molecular complexity index is 688. The standard InChI is InChI=1S/C17H17NO4S/c1-2-20-17(19)15-13(8-9-14-21-10-11-22-14)23-16(18-15)12-6-4-3-5-7-12/h3-7,10-11,14H,2,8-9H2,1H3.